The molecule has 176 valence electrons. The van der Waals surface area contributed by atoms with Gasteiger partial charge in [-0.3, -0.25) is 4.90 Å². The van der Waals surface area contributed by atoms with Crippen molar-refractivity contribution in [3.05, 3.63) is 48.3 Å². The molecule has 1 aromatic carbocycles. The molecule has 0 atom stereocenters. The lowest BCUT2D eigenvalue weighted by Crippen LogP contribution is -2.56. The maximum Gasteiger partial charge on any atom is 0.322 e. The van der Waals surface area contributed by atoms with Crippen LogP contribution in [0.4, 0.5) is 16.4 Å². The summed E-state index contributed by atoms with van der Waals surface area (Å²) in [5, 5.41) is 3.32. The number of amides is 2. The van der Waals surface area contributed by atoms with E-state index in [-0.39, 0.29) is 17.1 Å². The van der Waals surface area contributed by atoms with Crippen molar-refractivity contribution in [2.24, 2.45) is 0 Å². The molecule has 3 heterocycles. The van der Waals surface area contributed by atoms with Gasteiger partial charge in [0.25, 0.3) is 0 Å². The maximum absolute atomic E-state index is 12.9. The van der Waals surface area contributed by atoms with Gasteiger partial charge >= 0.3 is 6.03 Å². The van der Waals surface area contributed by atoms with E-state index >= 15 is 0 Å². The highest BCUT2D eigenvalue weighted by molar-refractivity contribution is 5.95. The second-order valence-corrected chi connectivity index (χ2v) is 9.92. The fourth-order valence-corrected chi connectivity index (χ4v) is 5.53. The number of anilines is 2. The van der Waals surface area contributed by atoms with Crippen LogP contribution in [0.25, 0.3) is 0 Å². The lowest BCUT2D eigenvalue weighted by molar-refractivity contribution is 0.0680. The van der Waals surface area contributed by atoms with Crippen LogP contribution in [0.1, 0.15) is 31.2 Å². The van der Waals surface area contributed by atoms with Gasteiger partial charge in [0.2, 0.25) is 5.95 Å². The Morgan fingerprint density at radius 1 is 1.03 bits per heavy atom. The average Bonchev–Trinajstić information content (AvgIpc) is 3.18. The molecule has 33 heavy (non-hydrogen) atoms. The van der Waals surface area contributed by atoms with E-state index in [0.717, 1.165) is 50.9 Å². The Labute approximate surface area is 195 Å². The molecule has 1 saturated carbocycles. The van der Waals surface area contributed by atoms with Crippen LogP contribution in [0.2, 0.25) is 0 Å². The second kappa shape index (κ2) is 8.91. The van der Waals surface area contributed by atoms with Crippen molar-refractivity contribution >= 4 is 17.7 Å². The third-order valence-electron chi connectivity index (χ3n) is 7.77. The van der Waals surface area contributed by atoms with Gasteiger partial charge in [0.05, 0.1) is 43.4 Å². The van der Waals surface area contributed by atoms with Crippen LogP contribution in [0.15, 0.2) is 42.7 Å². The van der Waals surface area contributed by atoms with E-state index in [0.29, 0.717) is 25.7 Å². The van der Waals surface area contributed by atoms with E-state index in [1.807, 2.05) is 4.90 Å². The average molecular weight is 451 g/mol. The van der Waals surface area contributed by atoms with Gasteiger partial charge in [-0.15, -0.1) is 0 Å². The highest BCUT2D eigenvalue weighted by atomic mass is 16.5. The summed E-state index contributed by atoms with van der Waals surface area (Å²) < 4.78 is 5.41. The summed E-state index contributed by atoms with van der Waals surface area (Å²) in [6, 6.07) is 10.7. The largest absolute Gasteiger partial charge is 0.378 e. The number of hydrogen-bond donors (Lipinski definition) is 1. The summed E-state index contributed by atoms with van der Waals surface area (Å²) in [7, 11) is 4.38. The maximum atomic E-state index is 12.9. The van der Waals surface area contributed by atoms with Gasteiger partial charge in [-0.05, 0) is 51.8 Å². The topological polar surface area (TPSA) is 73.8 Å². The number of morpholine rings is 1. The van der Waals surface area contributed by atoms with E-state index < -0.39 is 0 Å². The Morgan fingerprint density at radius 2 is 1.70 bits per heavy atom. The molecule has 5 rings (SSSR count). The number of urea groups is 1. The monoisotopic (exact) mass is 450 g/mol. The van der Waals surface area contributed by atoms with E-state index in [1.165, 1.54) is 5.56 Å². The van der Waals surface area contributed by atoms with Gasteiger partial charge in [0.15, 0.2) is 0 Å². The lowest BCUT2D eigenvalue weighted by Gasteiger charge is -2.48. The van der Waals surface area contributed by atoms with Gasteiger partial charge in [-0.25, -0.2) is 14.8 Å². The minimum absolute atomic E-state index is 0.0434. The van der Waals surface area contributed by atoms with Gasteiger partial charge in [-0.2, -0.15) is 0 Å². The molecule has 3 fully saturated rings. The van der Waals surface area contributed by atoms with Crippen LogP contribution in [0, 0.1) is 0 Å². The molecule has 0 unspecified atom stereocenters. The normalized spacial score (nSPS) is 27.9. The number of benzene rings is 1. The van der Waals surface area contributed by atoms with Crippen LogP contribution in [0.3, 0.4) is 0 Å². The molecule has 8 heteroatoms. The Kier molecular flexibility index (Phi) is 5.97. The number of carbonyl (C=O) groups is 1. The number of carbonyl (C=O) groups excluding carboxylic acids is 1. The van der Waals surface area contributed by atoms with E-state index in [2.05, 4.69) is 69.5 Å². The number of nitrogens with zero attached hydrogens (tertiary/aromatic N) is 5. The van der Waals surface area contributed by atoms with Crippen LogP contribution >= 0.6 is 0 Å². The van der Waals surface area contributed by atoms with Crippen molar-refractivity contribution in [2.75, 3.05) is 56.7 Å². The van der Waals surface area contributed by atoms with E-state index in [1.54, 1.807) is 12.4 Å². The first-order chi connectivity index (χ1) is 16.0. The zero-order valence-corrected chi connectivity index (χ0v) is 19.7. The van der Waals surface area contributed by atoms with Crippen molar-refractivity contribution in [1.82, 2.24) is 20.2 Å². The first-order valence-electron chi connectivity index (χ1n) is 11.9. The smallest absolute Gasteiger partial charge is 0.322 e. The number of rotatable bonds is 5. The fraction of sp³-hybridized carbons (Fsp3) is 0.560. The highest BCUT2D eigenvalue weighted by Crippen LogP contribution is 2.42. The van der Waals surface area contributed by atoms with Crippen LogP contribution in [-0.4, -0.2) is 78.9 Å². The summed E-state index contributed by atoms with van der Waals surface area (Å²) in [5.74, 6) is 0.700. The lowest BCUT2D eigenvalue weighted by atomic mass is 9.69. The van der Waals surface area contributed by atoms with Crippen LogP contribution in [0.5, 0.6) is 0 Å². The fourth-order valence-electron chi connectivity index (χ4n) is 5.53. The SMILES string of the molecule is CN(C)[C@]1(Cc2ccccc2)CC[C@]2(CC1)CN(c1cnc(N3CCOCC3)nc1)C(=O)N2. The molecule has 1 N–H and O–H groups in total. The predicted molar refractivity (Wildman–Crippen MR) is 129 cm³/mol. The van der Waals surface area contributed by atoms with Crippen molar-refractivity contribution in [2.45, 2.75) is 43.2 Å². The first-order valence-corrected chi connectivity index (χ1v) is 11.9. The molecular weight excluding hydrogens is 416 g/mol. The van der Waals surface area contributed by atoms with E-state index in [4.69, 9.17) is 4.74 Å². The van der Waals surface area contributed by atoms with Crippen molar-refractivity contribution in [3.63, 3.8) is 0 Å². The predicted octanol–water partition coefficient (Wildman–Crippen LogP) is 2.70. The summed E-state index contributed by atoms with van der Waals surface area (Å²) in [6.07, 6.45) is 8.62. The van der Waals surface area contributed by atoms with Crippen molar-refractivity contribution in [3.8, 4) is 0 Å². The summed E-state index contributed by atoms with van der Waals surface area (Å²) in [5.41, 5.74) is 2.07. The zero-order valence-electron chi connectivity index (χ0n) is 19.7. The molecule has 1 aliphatic carbocycles. The molecule has 1 spiro atoms. The molecule has 2 aromatic rings. The number of nitrogens with one attached hydrogen (secondary N) is 1. The number of likely N-dealkylation sites (N-methyl/N-ethyl adjacent to an activating group) is 1. The Hall–Kier alpha value is -2.71. The number of hydrogen-bond acceptors (Lipinski definition) is 6. The van der Waals surface area contributed by atoms with Crippen LogP contribution < -0.4 is 15.1 Å². The summed E-state index contributed by atoms with van der Waals surface area (Å²) in [6.45, 7) is 3.65. The summed E-state index contributed by atoms with van der Waals surface area (Å²) >= 11 is 0. The molecule has 3 aliphatic rings. The molecule has 0 radical (unpaired) electrons. The first kappa shape index (κ1) is 22.1. The molecule has 2 amide bonds. The van der Waals surface area contributed by atoms with Crippen molar-refractivity contribution in [1.29, 1.82) is 0 Å². The van der Waals surface area contributed by atoms with Crippen LogP contribution in [-0.2, 0) is 11.2 Å². The van der Waals surface area contributed by atoms with Gasteiger partial charge in [0, 0.05) is 18.6 Å². The molecule has 8 nitrogen and oxygen atoms in total. The highest BCUT2D eigenvalue weighted by Gasteiger charge is 2.49. The van der Waals surface area contributed by atoms with Gasteiger partial charge in [0.1, 0.15) is 0 Å². The number of aromatic nitrogens is 2. The molecule has 2 aliphatic heterocycles. The Balaban J connectivity index is 1.26. The minimum atomic E-state index is -0.184. The van der Waals surface area contributed by atoms with Gasteiger partial charge < -0.3 is 19.9 Å². The third-order valence-corrected chi connectivity index (χ3v) is 7.77. The standard InChI is InChI=1S/C25H34N6O2/c1-29(2)25(16-20-6-4-3-5-7-20)10-8-24(9-11-25)19-31(23(32)28-24)21-17-26-22(27-18-21)30-12-14-33-15-13-30/h3-7,17-18H,8-16,19H2,1-2H3,(H,28,32)/t24-,25+. The molecular formula is C25H34N6O2. The Bertz CT molecular complexity index is 951. The molecule has 1 aromatic heterocycles. The zero-order chi connectivity index (χ0) is 22.9. The second-order valence-electron chi connectivity index (χ2n) is 9.92. The quantitative estimate of drug-likeness (QED) is 0.755. The third kappa shape index (κ3) is 4.42. The van der Waals surface area contributed by atoms with Gasteiger partial charge in [-0.1, -0.05) is 30.3 Å². The van der Waals surface area contributed by atoms with Crippen molar-refractivity contribution < 1.29 is 9.53 Å². The number of ether oxygens (including phenoxy) is 1. The Morgan fingerprint density at radius 3 is 2.33 bits per heavy atom. The van der Waals surface area contributed by atoms with E-state index in [9.17, 15) is 4.79 Å². The summed E-state index contributed by atoms with van der Waals surface area (Å²) in [4.78, 5) is 28.3. The minimum Gasteiger partial charge on any atom is -0.378 e. The molecule has 0 bridgehead atoms. The molecule has 2 saturated heterocycles.